The summed E-state index contributed by atoms with van der Waals surface area (Å²) in [5.41, 5.74) is 2.02. The Kier molecular flexibility index (Phi) is 2.71. The monoisotopic (exact) mass is 326 g/mol. The first kappa shape index (κ1) is 14.1. The van der Waals surface area contributed by atoms with Crippen LogP contribution in [0.2, 0.25) is 0 Å². The Morgan fingerprint density at radius 2 is 2.17 bits per heavy atom. The highest BCUT2D eigenvalue weighted by Crippen LogP contribution is 2.61. The van der Waals surface area contributed by atoms with Gasteiger partial charge in [0.25, 0.3) is 0 Å². The van der Waals surface area contributed by atoms with Crippen molar-refractivity contribution in [2.24, 2.45) is 17.3 Å². The zero-order valence-electron chi connectivity index (χ0n) is 13.4. The first-order valence-electron chi connectivity index (χ1n) is 8.52. The maximum atomic E-state index is 13.0. The van der Waals surface area contributed by atoms with E-state index in [0.717, 1.165) is 36.0 Å². The van der Waals surface area contributed by atoms with Gasteiger partial charge in [0.1, 0.15) is 11.9 Å². The Labute approximate surface area is 139 Å². The molecule has 1 aromatic rings. The summed E-state index contributed by atoms with van der Waals surface area (Å²) in [7, 11) is 0. The van der Waals surface area contributed by atoms with E-state index in [2.05, 4.69) is 0 Å². The topological polar surface area (TPSA) is 65.7 Å². The number of allylic oxidation sites excluding steroid dienone is 2. The normalized spacial score (nSPS) is 37.4. The fourth-order valence-corrected chi connectivity index (χ4v) is 5.02. The van der Waals surface area contributed by atoms with Crippen LogP contribution in [0, 0.1) is 17.3 Å². The average Bonchev–Trinajstić information content (AvgIpc) is 3.26. The number of esters is 2. The lowest BCUT2D eigenvalue weighted by Crippen LogP contribution is -2.44. The number of cyclic esters (lactones) is 1. The second-order valence-corrected chi connectivity index (χ2v) is 7.24. The van der Waals surface area contributed by atoms with Gasteiger partial charge in [-0.2, -0.15) is 0 Å². The van der Waals surface area contributed by atoms with Gasteiger partial charge in [0.2, 0.25) is 0 Å². The summed E-state index contributed by atoms with van der Waals surface area (Å²) in [5.74, 6) is 0.262. The minimum absolute atomic E-state index is 0.00658. The van der Waals surface area contributed by atoms with Crippen LogP contribution in [-0.2, 0) is 19.1 Å². The highest BCUT2D eigenvalue weighted by molar-refractivity contribution is 5.96. The number of rotatable bonds is 1. The van der Waals surface area contributed by atoms with Gasteiger partial charge in [0.15, 0.2) is 0 Å². The van der Waals surface area contributed by atoms with Crippen LogP contribution in [0.3, 0.4) is 0 Å². The molecule has 124 valence electrons. The number of carbonyl (C=O) groups is 2. The molecule has 5 rings (SSSR count). The van der Waals surface area contributed by atoms with E-state index in [9.17, 15) is 9.59 Å². The van der Waals surface area contributed by atoms with Crippen LogP contribution >= 0.6 is 0 Å². The van der Waals surface area contributed by atoms with E-state index in [-0.39, 0.29) is 29.9 Å². The summed E-state index contributed by atoms with van der Waals surface area (Å²) >= 11 is 0. The van der Waals surface area contributed by atoms with Crippen LogP contribution in [-0.4, -0.2) is 11.9 Å². The largest absolute Gasteiger partial charge is 0.472 e. The SMILES string of the molecule is C[C@@H]1C=C2OC(=O)C3=C2[C@H](CCC3)[C@@]12C[C@@H](c1ccoc1)OC2=O. The molecule has 5 heteroatoms. The zero-order chi connectivity index (χ0) is 16.5. The van der Waals surface area contributed by atoms with E-state index in [4.69, 9.17) is 13.9 Å². The number of ether oxygens (including phenoxy) is 2. The fraction of sp³-hybridized carbons (Fsp3) is 0.474. The van der Waals surface area contributed by atoms with Crippen molar-refractivity contribution >= 4 is 11.9 Å². The first-order chi connectivity index (χ1) is 11.6. The Balaban J connectivity index is 1.63. The van der Waals surface area contributed by atoms with Crippen LogP contribution < -0.4 is 0 Å². The molecule has 5 nitrogen and oxygen atoms in total. The van der Waals surface area contributed by atoms with Gasteiger partial charge in [-0.3, -0.25) is 4.79 Å². The number of carbonyl (C=O) groups excluding carboxylic acids is 2. The van der Waals surface area contributed by atoms with Crippen molar-refractivity contribution in [3.8, 4) is 0 Å². The van der Waals surface area contributed by atoms with Crippen molar-refractivity contribution in [1.29, 1.82) is 0 Å². The molecule has 4 atom stereocenters. The second kappa shape index (κ2) is 4.62. The molecule has 1 spiro atoms. The quantitative estimate of drug-likeness (QED) is 0.740. The summed E-state index contributed by atoms with van der Waals surface area (Å²) < 4.78 is 16.4. The van der Waals surface area contributed by atoms with E-state index < -0.39 is 5.41 Å². The van der Waals surface area contributed by atoms with Crippen LogP contribution in [0.15, 0.2) is 46.0 Å². The lowest BCUT2D eigenvalue weighted by atomic mass is 9.56. The summed E-state index contributed by atoms with van der Waals surface area (Å²) in [6.45, 7) is 2.03. The average molecular weight is 326 g/mol. The lowest BCUT2D eigenvalue weighted by molar-refractivity contribution is -0.153. The minimum atomic E-state index is -0.611. The van der Waals surface area contributed by atoms with Gasteiger partial charge >= 0.3 is 11.9 Å². The fourth-order valence-electron chi connectivity index (χ4n) is 5.02. The Morgan fingerprint density at radius 1 is 1.29 bits per heavy atom. The summed E-state index contributed by atoms with van der Waals surface area (Å²) in [4.78, 5) is 25.2. The number of fused-ring (bicyclic) bond motifs is 1. The van der Waals surface area contributed by atoms with Crippen molar-refractivity contribution in [1.82, 2.24) is 0 Å². The molecule has 3 heterocycles. The predicted octanol–water partition coefficient (Wildman–Crippen LogP) is 3.44. The van der Waals surface area contributed by atoms with Crippen LogP contribution in [0.25, 0.3) is 0 Å². The van der Waals surface area contributed by atoms with Crippen molar-refractivity contribution in [2.75, 3.05) is 0 Å². The number of hydrogen-bond acceptors (Lipinski definition) is 5. The Morgan fingerprint density at radius 3 is 2.96 bits per heavy atom. The molecule has 1 saturated heterocycles. The maximum absolute atomic E-state index is 13.0. The maximum Gasteiger partial charge on any atom is 0.339 e. The Bertz CT molecular complexity index is 800. The van der Waals surface area contributed by atoms with Crippen LogP contribution in [0.5, 0.6) is 0 Å². The summed E-state index contributed by atoms with van der Waals surface area (Å²) in [6.07, 6.45) is 8.06. The molecule has 2 aliphatic carbocycles. The third kappa shape index (κ3) is 1.60. The highest BCUT2D eigenvalue weighted by Gasteiger charge is 2.62. The van der Waals surface area contributed by atoms with E-state index in [1.807, 2.05) is 19.1 Å². The molecule has 2 aliphatic heterocycles. The Hall–Kier alpha value is -2.30. The third-order valence-corrected chi connectivity index (χ3v) is 6.21. The van der Waals surface area contributed by atoms with Gasteiger partial charge in [-0.15, -0.1) is 0 Å². The molecular weight excluding hydrogens is 308 g/mol. The third-order valence-electron chi connectivity index (χ3n) is 6.21. The number of hydrogen-bond donors (Lipinski definition) is 0. The molecule has 4 aliphatic rings. The van der Waals surface area contributed by atoms with Crippen molar-refractivity contribution in [3.63, 3.8) is 0 Å². The van der Waals surface area contributed by atoms with E-state index in [1.54, 1.807) is 12.5 Å². The number of furan rings is 1. The molecule has 0 saturated carbocycles. The molecule has 1 aromatic heterocycles. The molecule has 1 fully saturated rings. The van der Waals surface area contributed by atoms with Crippen LogP contribution in [0.1, 0.15) is 44.3 Å². The minimum Gasteiger partial charge on any atom is -0.472 e. The lowest BCUT2D eigenvalue weighted by Gasteiger charge is -2.43. The molecule has 0 unspecified atom stereocenters. The van der Waals surface area contributed by atoms with Gasteiger partial charge < -0.3 is 13.9 Å². The van der Waals surface area contributed by atoms with Gasteiger partial charge in [-0.1, -0.05) is 6.92 Å². The molecule has 0 N–H and O–H groups in total. The van der Waals surface area contributed by atoms with Crippen LogP contribution in [0.4, 0.5) is 0 Å². The molecular formula is C19H18O5. The zero-order valence-corrected chi connectivity index (χ0v) is 13.4. The molecule has 0 amide bonds. The van der Waals surface area contributed by atoms with E-state index >= 15 is 0 Å². The summed E-state index contributed by atoms with van der Waals surface area (Å²) in [5, 5.41) is 0. The molecule has 0 radical (unpaired) electrons. The smallest absolute Gasteiger partial charge is 0.339 e. The van der Waals surface area contributed by atoms with Crippen molar-refractivity contribution in [3.05, 3.63) is 47.1 Å². The van der Waals surface area contributed by atoms with Gasteiger partial charge in [-0.05, 0) is 37.3 Å². The first-order valence-corrected chi connectivity index (χ1v) is 8.52. The molecule has 0 bridgehead atoms. The molecule has 0 aromatic carbocycles. The molecule has 24 heavy (non-hydrogen) atoms. The predicted molar refractivity (Wildman–Crippen MR) is 82.3 cm³/mol. The standard InChI is InChI=1S/C19H18O5/c1-10-7-14-16-12(17(20)23-14)3-2-4-13(16)19(10)8-15(24-18(19)21)11-5-6-22-9-11/h5-7,9-10,13,15H,2-4,8H2,1H3/t10-,13+,15+,19-/m1/s1. The second-order valence-electron chi connectivity index (χ2n) is 7.24. The van der Waals surface area contributed by atoms with Gasteiger partial charge in [0.05, 0.1) is 17.9 Å². The van der Waals surface area contributed by atoms with E-state index in [1.165, 1.54) is 0 Å². The summed E-state index contributed by atoms with van der Waals surface area (Å²) in [6, 6.07) is 1.85. The van der Waals surface area contributed by atoms with Gasteiger partial charge in [-0.25, -0.2) is 4.79 Å². The van der Waals surface area contributed by atoms with Gasteiger partial charge in [0, 0.05) is 29.0 Å². The van der Waals surface area contributed by atoms with Crippen molar-refractivity contribution < 1.29 is 23.5 Å². The van der Waals surface area contributed by atoms with Crippen molar-refractivity contribution in [2.45, 2.75) is 38.7 Å². The highest BCUT2D eigenvalue weighted by atomic mass is 16.6. The van der Waals surface area contributed by atoms with E-state index in [0.29, 0.717) is 12.2 Å².